The van der Waals surface area contributed by atoms with Crippen LogP contribution in [-0.2, 0) is 10.0 Å². The maximum absolute atomic E-state index is 13.8. The average molecular weight is 419 g/mol. The van der Waals surface area contributed by atoms with Crippen LogP contribution in [0.4, 0.5) is 31.9 Å². The second kappa shape index (κ2) is 8.00. The maximum atomic E-state index is 13.8. The van der Waals surface area contributed by atoms with E-state index >= 15 is 0 Å². The van der Waals surface area contributed by atoms with Crippen LogP contribution in [-0.4, -0.2) is 32.5 Å². The minimum Gasteiger partial charge on any atom is -0.363 e. The van der Waals surface area contributed by atoms with Crippen LogP contribution in [0.5, 0.6) is 0 Å². The van der Waals surface area contributed by atoms with Crippen LogP contribution in [0.1, 0.15) is 5.69 Å². The molecule has 152 valence electrons. The van der Waals surface area contributed by atoms with Crippen LogP contribution in [0.2, 0.25) is 0 Å². The average Bonchev–Trinajstić information content (AvgIpc) is 2.64. The number of nitrogens with zero attached hydrogens (tertiary/aromatic N) is 3. The summed E-state index contributed by atoms with van der Waals surface area (Å²) < 4.78 is 54.0. The summed E-state index contributed by atoms with van der Waals surface area (Å²) in [6.07, 6.45) is 0. The van der Waals surface area contributed by atoms with Crippen molar-refractivity contribution < 1.29 is 17.2 Å². The number of benzene rings is 2. The van der Waals surface area contributed by atoms with E-state index in [0.29, 0.717) is 17.7 Å². The molecular formula is C19H19F2N5O2S. The third-order valence-electron chi connectivity index (χ3n) is 3.87. The standard InChI is InChI=1S/C19H19F2N5O2S/c1-12-10-18(26(2)3)24-19(22-12)23-14-5-7-15(8-6-14)25-29(27,28)17-11-13(20)4-9-16(17)21/h4-11,25H,1-3H3,(H,22,23,24). The van der Waals surface area contributed by atoms with Crippen molar-refractivity contribution in [2.24, 2.45) is 0 Å². The van der Waals surface area contributed by atoms with Gasteiger partial charge in [-0.05, 0) is 49.4 Å². The summed E-state index contributed by atoms with van der Waals surface area (Å²) in [5.74, 6) is -0.752. The second-order valence-electron chi connectivity index (χ2n) is 6.47. The van der Waals surface area contributed by atoms with Gasteiger partial charge < -0.3 is 10.2 Å². The lowest BCUT2D eigenvalue weighted by Crippen LogP contribution is -2.15. The molecule has 0 bridgehead atoms. The van der Waals surface area contributed by atoms with E-state index in [0.717, 1.165) is 23.6 Å². The molecule has 0 amide bonds. The summed E-state index contributed by atoms with van der Waals surface area (Å²) in [7, 11) is -0.537. The minimum absolute atomic E-state index is 0.193. The molecule has 1 aromatic heterocycles. The van der Waals surface area contributed by atoms with Crippen molar-refractivity contribution in [2.75, 3.05) is 29.0 Å². The Morgan fingerprint density at radius 2 is 1.59 bits per heavy atom. The van der Waals surface area contributed by atoms with E-state index in [2.05, 4.69) is 20.0 Å². The highest BCUT2D eigenvalue weighted by atomic mass is 32.2. The van der Waals surface area contributed by atoms with E-state index in [9.17, 15) is 17.2 Å². The van der Waals surface area contributed by atoms with E-state index in [-0.39, 0.29) is 5.69 Å². The highest BCUT2D eigenvalue weighted by Crippen LogP contribution is 2.23. The molecule has 0 aliphatic carbocycles. The van der Waals surface area contributed by atoms with Gasteiger partial charge in [-0.2, -0.15) is 4.98 Å². The molecule has 0 saturated heterocycles. The van der Waals surface area contributed by atoms with E-state index in [1.54, 1.807) is 12.1 Å². The number of rotatable bonds is 6. The van der Waals surface area contributed by atoms with Gasteiger partial charge in [0.15, 0.2) is 0 Å². The third-order valence-corrected chi connectivity index (χ3v) is 5.27. The predicted octanol–water partition coefficient (Wildman–Crippen LogP) is 3.67. The number of sulfonamides is 1. The number of aryl methyl sites for hydroxylation is 1. The molecule has 3 aromatic rings. The summed E-state index contributed by atoms with van der Waals surface area (Å²) in [5.41, 5.74) is 1.60. The molecule has 0 fully saturated rings. The zero-order chi connectivity index (χ0) is 21.2. The van der Waals surface area contributed by atoms with Crippen molar-refractivity contribution in [3.8, 4) is 0 Å². The first-order chi connectivity index (χ1) is 13.6. The van der Waals surface area contributed by atoms with Gasteiger partial charge in [0.05, 0.1) is 0 Å². The van der Waals surface area contributed by atoms with Gasteiger partial charge in [-0.15, -0.1) is 0 Å². The molecule has 0 spiro atoms. The molecule has 0 saturated carbocycles. The molecule has 2 N–H and O–H groups in total. The lowest BCUT2D eigenvalue weighted by Gasteiger charge is -2.14. The van der Waals surface area contributed by atoms with Crippen molar-refractivity contribution >= 4 is 33.2 Å². The molecule has 2 aromatic carbocycles. The predicted molar refractivity (Wildman–Crippen MR) is 108 cm³/mol. The van der Waals surface area contributed by atoms with Gasteiger partial charge >= 0.3 is 0 Å². The Balaban J connectivity index is 1.78. The summed E-state index contributed by atoms with van der Waals surface area (Å²) in [4.78, 5) is 9.79. The zero-order valence-electron chi connectivity index (χ0n) is 15.9. The van der Waals surface area contributed by atoms with E-state index in [4.69, 9.17) is 0 Å². The molecule has 0 unspecified atom stereocenters. The van der Waals surface area contributed by atoms with Gasteiger partial charge in [-0.3, -0.25) is 4.72 Å². The highest BCUT2D eigenvalue weighted by Gasteiger charge is 2.20. The molecule has 0 aliphatic heterocycles. The van der Waals surface area contributed by atoms with Gasteiger partial charge in [0.2, 0.25) is 5.95 Å². The Labute approximate surface area is 167 Å². The molecular weight excluding hydrogens is 400 g/mol. The van der Waals surface area contributed by atoms with Crippen LogP contribution >= 0.6 is 0 Å². The highest BCUT2D eigenvalue weighted by molar-refractivity contribution is 7.92. The SMILES string of the molecule is Cc1cc(N(C)C)nc(Nc2ccc(NS(=O)(=O)c3cc(F)ccc3F)cc2)n1. The topological polar surface area (TPSA) is 87.2 Å². The van der Waals surface area contributed by atoms with Crippen molar-refractivity contribution in [3.63, 3.8) is 0 Å². The van der Waals surface area contributed by atoms with Gasteiger partial charge in [-0.25, -0.2) is 22.2 Å². The molecule has 7 nitrogen and oxygen atoms in total. The molecule has 0 radical (unpaired) electrons. The molecule has 3 rings (SSSR count). The maximum Gasteiger partial charge on any atom is 0.264 e. The number of hydrogen-bond donors (Lipinski definition) is 2. The minimum atomic E-state index is -4.27. The summed E-state index contributed by atoms with van der Waals surface area (Å²) in [6, 6.07) is 10.3. The van der Waals surface area contributed by atoms with Gasteiger partial charge in [0.1, 0.15) is 22.3 Å². The quantitative estimate of drug-likeness (QED) is 0.634. The molecule has 1 heterocycles. The van der Waals surface area contributed by atoms with Crippen molar-refractivity contribution in [2.45, 2.75) is 11.8 Å². The van der Waals surface area contributed by atoms with Crippen LogP contribution < -0.4 is 14.9 Å². The van der Waals surface area contributed by atoms with Crippen LogP contribution in [0.3, 0.4) is 0 Å². The van der Waals surface area contributed by atoms with Gasteiger partial charge in [-0.1, -0.05) is 0 Å². The number of hydrogen-bond acceptors (Lipinski definition) is 6. The lowest BCUT2D eigenvalue weighted by atomic mass is 10.3. The lowest BCUT2D eigenvalue weighted by molar-refractivity contribution is 0.555. The fourth-order valence-corrected chi connectivity index (χ4v) is 3.63. The van der Waals surface area contributed by atoms with Crippen molar-refractivity contribution in [1.82, 2.24) is 9.97 Å². The zero-order valence-corrected chi connectivity index (χ0v) is 16.8. The summed E-state index contributed by atoms with van der Waals surface area (Å²) in [6.45, 7) is 1.85. The number of aromatic nitrogens is 2. The first kappa shape index (κ1) is 20.5. The van der Waals surface area contributed by atoms with Crippen LogP contribution in [0.15, 0.2) is 53.4 Å². The Bertz CT molecular complexity index is 1140. The first-order valence-corrected chi connectivity index (χ1v) is 10.0. The van der Waals surface area contributed by atoms with Crippen LogP contribution in [0, 0.1) is 18.6 Å². The van der Waals surface area contributed by atoms with E-state index in [1.807, 2.05) is 32.0 Å². The Kier molecular flexibility index (Phi) is 5.64. The fourth-order valence-electron chi connectivity index (χ4n) is 2.48. The monoisotopic (exact) mass is 419 g/mol. The van der Waals surface area contributed by atoms with E-state index in [1.165, 1.54) is 12.1 Å². The largest absolute Gasteiger partial charge is 0.363 e. The van der Waals surface area contributed by atoms with Gasteiger partial charge in [0, 0.05) is 37.2 Å². The third kappa shape index (κ3) is 4.96. The summed E-state index contributed by atoms with van der Waals surface area (Å²) >= 11 is 0. The Hall–Kier alpha value is -3.27. The van der Waals surface area contributed by atoms with Crippen molar-refractivity contribution in [3.05, 3.63) is 65.9 Å². The van der Waals surface area contributed by atoms with Crippen LogP contribution in [0.25, 0.3) is 0 Å². The Morgan fingerprint density at radius 3 is 2.24 bits per heavy atom. The normalized spacial score (nSPS) is 11.2. The fraction of sp³-hybridized carbons (Fsp3) is 0.158. The summed E-state index contributed by atoms with van der Waals surface area (Å²) in [5, 5.41) is 3.04. The number of nitrogens with one attached hydrogen (secondary N) is 2. The smallest absolute Gasteiger partial charge is 0.264 e. The first-order valence-electron chi connectivity index (χ1n) is 8.52. The van der Waals surface area contributed by atoms with E-state index < -0.39 is 26.6 Å². The molecule has 29 heavy (non-hydrogen) atoms. The molecule has 0 aliphatic rings. The second-order valence-corrected chi connectivity index (χ2v) is 8.12. The van der Waals surface area contributed by atoms with Crippen molar-refractivity contribution in [1.29, 1.82) is 0 Å². The van der Waals surface area contributed by atoms with Gasteiger partial charge in [0.25, 0.3) is 10.0 Å². The number of anilines is 4. The molecule has 0 atom stereocenters. The molecule has 10 heteroatoms. The Morgan fingerprint density at radius 1 is 0.931 bits per heavy atom. The number of halogens is 2.